The molecule has 0 radical (unpaired) electrons. The standard InChI is InChI=1S/C21H21BrO4/c1-4-15-5-7-16(8-6-15)21(24)14(2)26-20(23)12-9-17-13-18(22)10-11-19(17)25-3/h5-14H,4H2,1-3H3/b12-9+/t14-/m0/s1. The number of Topliss-reactive ketones (excluding diaryl/α,β-unsaturated/α-hetero) is 1. The summed E-state index contributed by atoms with van der Waals surface area (Å²) in [5, 5.41) is 0. The van der Waals surface area contributed by atoms with Crippen LogP contribution in [0.3, 0.4) is 0 Å². The third-order valence-electron chi connectivity index (χ3n) is 3.90. The Hall–Kier alpha value is -2.40. The van der Waals surface area contributed by atoms with Gasteiger partial charge in [0.1, 0.15) is 5.75 Å². The molecule has 2 aromatic carbocycles. The summed E-state index contributed by atoms with van der Waals surface area (Å²) in [4.78, 5) is 24.4. The molecule has 0 aromatic heterocycles. The third-order valence-corrected chi connectivity index (χ3v) is 4.39. The number of halogens is 1. The monoisotopic (exact) mass is 416 g/mol. The Kier molecular flexibility index (Phi) is 7.16. The predicted octanol–water partition coefficient (Wildman–Crippen LogP) is 4.85. The highest BCUT2D eigenvalue weighted by atomic mass is 79.9. The van der Waals surface area contributed by atoms with Gasteiger partial charge in [0.05, 0.1) is 7.11 Å². The zero-order valence-corrected chi connectivity index (χ0v) is 16.6. The molecule has 0 aliphatic heterocycles. The predicted molar refractivity (Wildman–Crippen MR) is 105 cm³/mol. The molecular weight excluding hydrogens is 396 g/mol. The van der Waals surface area contributed by atoms with E-state index in [1.165, 1.54) is 6.08 Å². The number of rotatable bonds is 7. The maximum atomic E-state index is 12.4. The van der Waals surface area contributed by atoms with Crippen molar-refractivity contribution in [2.75, 3.05) is 7.11 Å². The molecule has 0 unspecified atom stereocenters. The lowest BCUT2D eigenvalue weighted by atomic mass is 10.0. The maximum absolute atomic E-state index is 12.4. The van der Waals surface area contributed by atoms with Crippen molar-refractivity contribution in [3.63, 3.8) is 0 Å². The quantitative estimate of drug-likeness (QED) is 0.367. The second-order valence-corrected chi connectivity index (χ2v) is 6.63. The van der Waals surface area contributed by atoms with Crippen LogP contribution in [-0.2, 0) is 16.0 Å². The molecule has 0 saturated heterocycles. The summed E-state index contributed by atoms with van der Waals surface area (Å²) in [5.74, 6) is -0.176. The molecule has 0 N–H and O–H groups in total. The van der Waals surface area contributed by atoms with Crippen molar-refractivity contribution < 1.29 is 19.1 Å². The first-order valence-corrected chi connectivity index (χ1v) is 9.09. The third kappa shape index (κ3) is 5.30. The Balaban J connectivity index is 2.02. The minimum Gasteiger partial charge on any atom is -0.496 e. The number of hydrogen-bond acceptors (Lipinski definition) is 4. The molecule has 136 valence electrons. The van der Waals surface area contributed by atoms with Gasteiger partial charge in [0.25, 0.3) is 0 Å². The van der Waals surface area contributed by atoms with E-state index in [1.54, 1.807) is 38.3 Å². The van der Waals surface area contributed by atoms with E-state index < -0.39 is 12.1 Å². The minimum absolute atomic E-state index is 0.227. The van der Waals surface area contributed by atoms with Crippen LogP contribution in [0.1, 0.15) is 35.3 Å². The zero-order valence-electron chi connectivity index (χ0n) is 15.0. The van der Waals surface area contributed by atoms with Gasteiger partial charge in [-0.05, 0) is 43.2 Å². The van der Waals surface area contributed by atoms with Crippen molar-refractivity contribution >= 4 is 33.8 Å². The molecule has 2 rings (SSSR count). The van der Waals surface area contributed by atoms with Crippen molar-refractivity contribution in [2.45, 2.75) is 26.4 Å². The van der Waals surface area contributed by atoms with Crippen molar-refractivity contribution in [3.05, 3.63) is 69.7 Å². The number of ketones is 1. The highest BCUT2D eigenvalue weighted by Crippen LogP contribution is 2.24. The van der Waals surface area contributed by atoms with Gasteiger partial charge in [-0.3, -0.25) is 4.79 Å². The number of carbonyl (C=O) groups is 2. The molecule has 0 saturated carbocycles. The van der Waals surface area contributed by atoms with Crippen LogP contribution in [0, 0.1) is 0 Å². The average Bonchev–Trinajstić information content (AvgIpc) is 2.66. The van der Waals surface area contributed by atoms with Crippen LogP contribution in [-0.4, -0.2) is 25.0 Å². The first-order valence-electron chi connectivity index (χ1n) is 8.30. The number of ether oxygens (including phenoxy) is 2. The van der Waals surface area contributed by atoms with Crippen LogP contribution in [0.25, 0.3) is 6.08 Å². The van der Waals surface area contributed by atoms with Crippen LogP contribution in [0.5, 0.6) is 5.75 Å². The zero-order chi connectivity index (χ0) is 19.1. The van der Waals surface area contributed by atoms with Gasteiger partial charge in [-0.25, -0.2) is 4.79 Å². The van der Waals surface area contributed by atoms with Gasteiger partial charge in [-0.1, -0.05) is 47.1 Å². The van der Waals surface area contributed by atoms with Gasteiger partial charge in [0.15, 0.2) is 6.10 Å². The van der Waals surface area contributed by atoms with E-state index in [9.17, 15) is 9.59 Å². The summed E-state index contributed by atoms with van der Waals surface area (Å²) in [7, 11) is 1.56. The Labute approximate surface area is 162 Å². The van der Waals surface area contributed by atoms with E-state index in [4.69, 9.17) is 9.47 Å². The molecule has 0 heterocycles. The summed E-state index contributed by atoms with van der Waals surface area (Å²) >= 11 is 3.38. The van der Waals surface area contributed by atoms with E-state index in [1.807, 2.05) is 31.2 Å². The smallest absolute Gasteiger partial charge is 0.331 e. The molecule has 0 fully saturated rings. The van der Waals surface area contributed by atoms with Gasteiger partial charge < -0.3 is 9.47 Å². The lowest BCUT2D eigenvalue weighted by molar-refractivity contribution is -0.140. The van der Waals surface area contributed by atoms with Crippen molar-refractivity contribution in [2.24, 2.45) is 0 Å². The molecule has 0 bridgehead atoms. The molecular formula is C21H21BrO4. The second kappa shape index (κ2) is 9.34. The van der Waals surface area contributed by atoms with Crippen LogP contribution < -0.4 is 4.74 Å². The van der Waals surface area contributed by atoms with E-state index in [-0.39, 0.29) is 5.78 Å². The molecule has 5 heteroatoms. The van der Waals surface area contributed by atoms with Crippen molar-refractivity contribution in [1.29, 1.82) is 0 Å². The van der Waals surface area contributed by atoms with E-state index in [2.05, 4.69) is 15.9 Å². The lowest BCUT2D eigenvalue weighted by Gasteiger charge is -2.11. The number of benzene rings is 2. The summed E-state index contributed by atoms with van der Waals surface area (Å²) in [6, 6.07) is 12.8. The van der Waals surface area contributed by atoms with Crippen LogP contribution >= 0.6 is 15.9 Å². The first-order chi connectivity index (χ1) is 12.4. The van der Waals surface area contributed by atoms with Gasteiger partial charge in [-0.15, -0.1) is 0 Å². The lowest BCUT2D eigenvalue weighted by Crippen LogP contribution is -2.23. The average molecular weight is 417 g/mol. The molecule has 0 aliphatic carbocycles. The van der Waals surface area contributed by atoms with Gasteiger partial charge in [0.2, 0.25) is 5.78 Å². The normalized spacial score (nSPS) is 12.0. The van der Waals surface area contributed by atoms with Crippen LogP contribution in [0.15, 0.2) is 53.0 Å². The Morgan fingerprint density at radius 1 is 1.15 bits per heavy atom. The number of carbonyl (C=O) groups excluding carboxylic acids is 2. The van der Waals surface area contributed by atoms with Gasteiger partial charge >= 0.3 is 5.97 Å². The SMILES string of the molecule is CCc1ccc(C(=O)[C@H](C)OC(=O)/C=C/c2cc(Br)ccc2OC)cc1. The maximum Gasteiger partial charge on any atom is 0.331 e. The molecule has 0 spiro atoms. The van der Waals surface area contributed by atoms with E-state index >= 15 is 0 Å². The molecule has 4 nitrogen and oxygen atoms in total. The summed E-state index contributed by atoms with van der Waals surface area (Å²) < 4.78 is 11.3. The molecule has 0 aliphatic rings. The fourth-order valence-electron chi connectivity index (χ4n) is 2.40. The Bertz CT molecular complexity index is 809. The fraction of sp³-hybridized carbons (Fsp3) is 0.238. The fourth-order valence-corrected chi connectivity index (χ4v) is 2.78. The number of aryl methyl sites for hydroxylation is 1. The number of methoxy groups -OCH3 is 1. The van der Waals surface area contributed by atoms with Crippen molar-refractivity contribution in [3.8, 4) is 5.75 Å². The van der Waals surface area contributed by atoms with Crippen molar-refractivity contribution in [1.82, 2.24) is 0 Å². The largest absolute Gasteiger partial charge is 0.496 e. The molecule has 26 heavy (non-hydrogen) atoms. The molecule has 2 aromatic rings. The topological polar surface area (TPSA) is 52.6 Å². The molecule has 0 amide bonds. The van der Waals surface area contributed by atoms with E-state index in [0.29, 0.717) is 11.3 Å². The summed E-state index contributed by atoms with van der Waals surface area (Å²) in [6.07, 6.45) is 2.93. The van der Waals surface area contributed by atoms with Gasteiger partial charge in [0, 0.05) is 21.7 Å². The van der Waals surface area contributed by atoms with E-state index in [0.717, 1.165) is 22.0 Å². The number of hydrogen-bond donors (Lipinski definition) is 0. The van der Waals surface area contributed by atoms with Crippen LogP contribution in [0.2, 0.25) is 0 Å². The van der Waals surface area contributed by atoms with Gasteiger partial charge in [-0.2, -0.15) is 0 Å². The number of esters is 1. The summed E-state index contributed by atoms with van der Waals surface area (Å²) in [5.41, 5.74) is 2.41. The highest BCUT2D eigenvalue weighted by molar-refractivity contribution is 9.10. The highest BCUT2D eigenvalue weighted by Gasteiger charge is 2.18. The Morgan fingerprint density at radius 3 is 2.46 bits per heavy atom. The molecule has 1 atom stereocenters. The van der Waals surface area contributed by atoms with Crippen LogP contribution in [0.4, 0.5) is 0 Å². The first kappa shape index (κ1) is 19.9. The second-order valence-electron chi connectivity index (χ2n) is 5.71. The minimum atomic E-state index is -0.857. The Morgan fingerprint density at radius 2 is 1.85 bits per heavy atom. The summed E-state index contributed by atoms with van der Waals surface area (Å²) in [6.45, 7) is 3.62.